The minimum atomic E-state index is -0.307. The second kappa shape index (κ2) is 5.08. The predicted molar refractivity (Wildman–Crippen MR) is 72.4 cm³/mol. The van der Waals surface area contributed by atoms with Gasteiger partial charge in [-0.3, -0.25) is 9.59 Å². The van der Waals surface area contributed by atoms with Crippen LogP contribution in [0.5, 0.6) is 11.5 Å². The van der Waals surface area contributed by atoms with Crippen LogP contribution in [0.25, 0.3) is 0 Å². The molecule has 6 heteroatoms. The van der Waals surface area contributed by atoms with Crippen LogP contribution in [0.2, 0.25) is 0 Å². The average molecular weight is 272 g/mol. The Labute approximate surface area is 114 Å². The molecule has 2 heterocycles. The normalized spacial score (nSPS) is 12.8. The summed E-state index contributed by atoms with van der Waals surface area (Å²) in [6.45, 7) is 1.01. The summed E-state index contributed by atoms with van der Waals surface area (Å²) in [5, 5.41) is 2.73. The molecule has 0 unspecified atom stereocenters. The van der Waals surface area contributed by atoms with Gasteiger partial charge in [0.1, 0.15) is 13.2 Å². The van der Waals surface area contributed by atoms with Gasteiger partial charge in [0, 0.05) is 24.0 Å². The highest BCUT2D eigenvalue weighted by atomic mass is 16.6. The Bertz CT molecular complexity index is 688. The molecule has 1 aromatic carbocycles. The van der Waals surface area contributed by atoms with E-state index in [0.717, 1.165) is 0 Å². The lowest BCUT2D eigenvalue weighted by Crippen LogP contribution is -2.17. The molecule has 0 atom stereocenters. The number of hydrogen-bond acceptors (Lipinski definition) is 4. The van der Waals surface area contributed by atoms with Crippen LogP contribution in [0, 0.1) is 0 Å². The lowest BCUT2D eigenvalue weighted by molar-refractivity contribution is 0.102. The summed E-state index contributed by atoms with van der Waals surface area (Å²) in [7, 11) is 0. The molecule has 1 amide bonds. The van der Waals surface area contributed by atoms with Crippen LogP contribution in [0.3, 0.4) is 0 Å². The molecule has 3 rings (SSSR count). The number of fused-ring (bicyclic) bond motifs is 1. The Morgan fingerprint density at radius 3 is 2.65 bits per heavy atom. The first-order valence-electron chi connectivity index (χ1n) is 6.12. The van der Waals surface area contributed by atoms with Crippen molar-refractivity contribution in [2.45, 2.75) is 0 Å². The minimum absolute atomic E-state index is 0.249. The summed E-state index contributed by atoms with van der Waals surface area (Å²) in [5.74, 6) is 0.965. The SMILES string of the molecule is O=C(Nc1ccc2c(c1)OCCO2)c1ccc(=O)[nH]c1. The zero-order valence-corrected chi connectivity index (χ0v) is 10.5. The van der Waals surface area contributed by atoms with Crippen LogP contribution in [0.4, 0.5) is 5.69 Å². The first-order valence-corrected chi connectivity index (χ1v) is 6.12. The van der Waals surface area contributed by atoms with Crippen LogP contribution < -0.4 is 20.3 Å². The number of pyridine rings is 1. The topological polar surface area (TPSA) is 80.4 Å². The van der Waals surface area contributed by atoms with Crippen molar-refractivity contribution in [3.8, 4) is 11.5 Å². The van der Waals surface area contributed by atoms with Gasteiger partial charge in [0.2, 0.25) is 5.56 Å². The van der Waals surface area contributed by atoms with Crippen molar-refractivity contribution in [2.75, 3.05) is 18.5 Å². The molecule has 102 valence electrons. The van der Waals surface area contributed by atoms with Crippen LogP contribution in [-0.2, 0) is 0 Å². The first kappa shape index (κ1) is 12.3. The van der Waals surface area contributed by atoms with Crippen LogP contribution in [0.15, 0.2) is 41.3 Å². The predicted octanol–water partition coefficient (Wildman–Crippen LogP) is 1.40. The van der Waals surface area contributed by atoms with Crippen molar-refractivity contribution in [2.24, 2.45) is 0 Å². The van der Waals surface area contributed by atoms with Crippen molar-refractivity contribution in [1.29, 1.82) is 0 Å². The highest BCUT2D eigenvalue weighted by Crippen LogP contribution is 2.32. The number of carbonyl (C=O) groups excluding carboxylic acids is 1. The number of aromatic amines is 1. The minimum Gasteiger partial charge on any atom is -0.486 e. The fourth-order valence-electron chi connectivity index (χ4n) is 1.88. The second-order valence-electron chi connectivity index (χ2n) is 4.25. The molecule has 2 aromatic rings. The maximum atomic E-state index is 12.0. The summed E-state index contributed by atoms with van der Waals surface area (Å²) in [6.07, 6.45) is 1.37. The van der Waals surface area contributed by atoms with Gasteiger partial charge in [-0.05, 0) is 18.2 Å². The zero-order chi connectivity index (χ0) is 13.9. The molecule has 0 fully saturated rings. The summed E-state index contributed by atoms with van der Waals surface area (Å²) in [4.78, 5) is 25.4. The Morgan fingerprint density at radius 2 is 1.90 bits per heavy atom. The second-order valence-corrected chi connectivity index (χ2v) is 4.25. The van der Waals surface area contributed by atoms with E-state index in [9.17, 15) is 9.59 Å². The average Bonchev–Trinajstić information content (AvgIpc) is 2.48. The standard InChI is InChI=1S/C14H12N2O4/c17-13-4-1-9(8-15-13)14(18)16-10-2-3-11-12(7-10)20-6-5-19-11/h1-4,7-8H,5-6H2,(H,15,17)(H,16,18). The number of H-pyrrole nitrogens is 1. The molecule has 0 aliphatic carbocycles. The van der Waals surface area contributed by atoms with Crippen LogP contribution >= 0.6 is 0 Å². The molecule has 1 aliphatic heterocycles. The number of nitrogens with one attached hydrogen (secondary N) is 2. The number of carbonyl (C=O) groups is 1. The van der Waals surface area contributed by atoms with Gasteiger partial charge in [-0.25, -0.2) is 0 Å². The van der Waals surface area contributed by atoms with E-state index in [2.05, 4.69) is 10.3 Å². The molecule has 1 aromatic heterocycles. The number of hydrogen-bond donors (Lipinski definition) is 2. The van der Waals surface area contributed by atoms with E-state index in [0.29, 0.717) is 36.0 Å². The molecule has 20 heavy (non-hydrogen) atoms. The van der Waals surface area contributed by atoms with Gasteiger partial charge in [0.25, 0.3) is 5.91 Å². The Hall–Kier alpha value is -2.76. The lowest BCUT2D eigenvalue weighted by atomic mass is 10.2. The Balaban J connectivity index is 1.79. The van der Waals surface area contributed by atoms with E-state index in [4.69, 9.17) is 9.47 Å². The third-order valence-electron chi connectivity index (χ3n) is 2.85. The van der Waals surface area contributed by atoms with E-state index in [1.165, 1.54) is 18.3 Å². The molecule has 2 N–H and O–H groups in total. The number of rotatable bonds is 2. The van der Waals surface area contributed by atoms with Crippen molar-refractivity contribution in [1.82, 2.24) is 4.98 Å². The molecule has 0 bridgehead atoms. The monoisotopic (exact) mass is 272 g/mol. The molecular formula is C14H12N2O4. The maximum Gasteiger partial charge on any atom is 0.257 e. The third kappa shape index (κ3) is 2.49. The smallest absolute Gasteiger partial charge is 0.257 e. The first-order chi connectivity index (χ1) is 9.72. The number of ether oxygens (including phenoxy) is 2. The van der Waals surface area contributed by atoms with Crippen molar-refractivity contribution in [3.05, 3.63) is 52.4 Å². The molecule has 1 aliphatic rings. The number of anilines is 1. The van der Waals surface area contributed by atoms with E-state index in [1.807, 2.05) is 0 Å². The van der Waals surface area contributed by atoms with Crippen molar-refractivity contribution < 1.29 is 14.3 Å². The van der Waals surface area contributed by atoms with Gasteiger partial charge in [-0.15, -0.1) is 0 Å². The third-order valence-corrected chi connectivity index (χ3v) is 2.85. The van der Waals surface area contributed by atoms with Gasteiger partial charge in [0.15, 0.2) is 11.5 Å². The maximum absolute atomic E-state index is 12.0. The Morgan fingerprint density at radius 1 is 1.10 bits per heavy atom. The summed E-state index contributed by atoms with van der Waals surface area (Å²) < 4.78 is 10.8. The molecule has 0 radical (unpaired) electrons. The van der Waals surface area contributed by atoms with Gasteiger partial charge in [-0.1, -0.05) is 0 Å². The number of benzene rings is 1. The molecule has 6 nitrogen and oxygen atoms in total. The van der Waals surface area contributed by atoms with Crippen LogP contribution in [0.1, 0.15) is 10.4 Å². The van der Waals surface area contributed by atoms with E-state index >= 15 is 0 Å². The van der Waals surface area contributed by atoms with Gasteiger partial charge in [-0.2, -0.15) is 0 Å². The van der Waals surface area contributed by atoms with Gasteiger partial charge >= 0.3 is 0 Å². The van der Waals surface area contributed by atoms with Crippen molar-refractivity contribution >= 4 is 11.6 Å². The van der Waals surface area contributed by atoms with E-state index < -0.39 is 0 Å². The molecule has 0 saturated carbocycles. The molecule has 0 saturated heterocycles. The number of aromatic nitrogens is 1. The van der Waals surface area contributed by atoms with E-state index in [1.54, 1.807) is 18.2 Å². The summed E-state index contributed by atoms with van der Waals surface area (Å²) in [6, 6.07) is 7.96. The highest BCUT2D eigenvalue weighted by molar-refractivity contribution is 6.04. The lowest BCUT2D eigenvalue weighted by Gasteiger charge is -2.19. The fraction of sp³-hybridized carbons (Fsp3) is 0.143. The Kier molecular flexibility index (Phi) is 3.12. The zero-order valence-electron chi connectivity index (χ0n) is 10.5. The summed E-state index contributed by atoms with van der Waals surface area (Å²) >= 11 is 0. The van der Waals surface area contributed by atoms with Gasteiger partial charge < -0.3 is 19.8 Å². The summed E-state index contributed by atoms with van der Waals surface area (Å²) in [5.41, 5.74) is 0.728. The molecule has 0 spiro atoms. The highest BCUT2D eigenvalue weighted by Gasteiger charge is 2.13. The van der Waals surface area contributed by atoms with Crippen LogP contribution in [-0.4, -0.2) is 24.1 Å². The largest absolute Gasteiger partial charge is 0.486 e. The quantitative estimate of drug-likeness (QED) is 0.866. The van der Waals surface area contributed by atoms with Gasteiger partial charge in [0.05, 0.1) is 5.56 Å². The fourth-order valence-corrected chi connectivity index (χ4v) is 1.88. The van der Waals surface area contributed by atoms with E-state index in [-0.39, 0.29) is 11.5 Å². The molecular weight excluding hydrogens is 260 g/mol. The van der Waals surface area contributed by atoms with Crippen molar-refractivity contribution in [3.63, 3.8) is 0 Å². The number of amides is 1.